The molecule has 2 atom stereocenters. The van der Waals surface area contributed by atoms with Crippen LogP contribution in [0.5, 0.6) is 0 Å². The number of nitrogens with zero attached hydrogens (tertiary/aromatic N) is 3. The Kier molecular flexibility index (Phi) is 6.15. The van der Waals surface area contributed by atoms with Gasteiger partial charge in [0.15, 0.2) is 0 Å². The van der Waals surface area contributed by atoms with Gasteiger partial charge in [-0.05, 0) is 49.9 Å². The Morgan fingerprint density at radius 2 is 1.90 bits per heavy atom. The molecule has 6 nitrogen and oxygen atoms in total. The second-order valence-corrected chi connectivity index (χ2v) is 8.54. The third-order valence-corrected chi connectivity index (χ3v) is 6.38. The first-order chi connectivity index (χ1) is 14.0. The van der Waals surface area contributed by atoms with Crippen molar-refractivity contribution in [2.75, 3.05) is 32.7 Å². The van der Waals surface area contributed by atoms with Gasteiger partial charge in [-0.15, -0.1) is 0 Å². The zero-order valence-electron chi connectivity index (χ0n) is 17.1. The van der Waals surface area contributed by atoms with Crippen LogP contribution in [0.2, 0.25) is 0 Å². The fourth-order valence-corrected chi connectivity index (χ4v) is 4.68. The molecule has 1 N–H and O–H groups in total. The van der Waals surface area contributed by atoms with Crippen molar-refractivity contribution in [2.24, 2.45) is 0 Å². The van der Waals surface area contributed by atoms with Gasteiger partial charge in [-0.1, -0.05) is 12.1 Å². The van der Waals surface area contributed by atoms with Crippen LogP contribution >= 0.6 is 0 Å². The van der Waals surface area contributed by atoms with Crippen molar-refractivity contribution in [1.82, 2.24) is 20.0 Å². The Labute approximate surface area is 172 Å². The zero-order chi connectivity index (χ0) is 20.4. The molecule has 3 aliphatic rings. The topological polar surface area (TPSA) is 55.9 Å². The third kappa shape index (κ3) is 4.78. The van der Waals surface area contributed by atoms with Crippen molar-refractivity contribution in [1.29, 1.82) is 0 Å². The lowest BCUT2D eigenvalue weighted by molar-refractivity contribution is -0.142. The van der Waals surface area contributed by atoms with Crippen LogP contribution in [-0.2, 0) is 16.1 Å². The van der Waals surface area contributed by atoms with Gasteiger partial charge >= 0.3 is 0 Å². The second-order valence-electron chi connectivity index (χ2n) is 8.54. The number of hydrogen-bond donors (Lipinski definition) is 1. The SMILES string of the molecule is CC(=O)N1CC(N(Cc2ccc(F)cc2)C2CC2)CC1C(=O)N1CCCNCC1. The largest absolute Gasteiger partial charge is 0.340 e. The van der Waals surface area contributed by atoms with E-state index in [9.17, 15) is 14.0 Å². The van der Waals surface area contributed by atoms with Crippen LogP contribution in [-0.4, -0.2) is 77.4 Å². The molecule has 0 radical (unpaired) electrons. The lowest BCUT2D eigenvalue weighted by Gasteiger charge is -2.29. The maximum Gasteiger partial charge on any atom is 0.245 e. The Morgan fingerprint density at radius 3 is 2.59 bits per heavy atom. The molecule has 2 heterocycles. The summed E-state index contributed by atoms with van der Waals surface area (Å²) in [5.41, 5.74) is 1.07. The fourth-order valence-electron chi connectivity index (χ4n) is 4.68. The van der Waals surface area contributed by atoms with E-state index in [1.165, 1.54) is 12.1 Å². The summed E-state index contributed by atoms with van der Waals surface area (Å²) in [5, 5.41) is 3.33. The standard InChI is InChI=1S/C22H31FN4O2/c1-16(28)26-15-20(13-21(26)22(29)25-11-2-9-24-10-12-25)27(19-7-8-19)14-17-3-5-18(23)6-4-17/h3-6,19-21,24H,2,7-15H2,1H3. The molecule has 3 fully saturated rings. The van der Waals surface area contributed by atoms with E-state index < -0.39 is 0 Å². The van der Waals surface area contributed by atoms with Crippen molar-refractivity contribution in [2.45, 2.75) is 57.3 Å². The molecule has 1 saturated carbocycles. The van der Waals surface area contributed by atoms with Gasteiger partial charge in [0, 0.05) is 51.7 Å². The summed E-state index contributed by atoms with van der Waals surface area (Å²) < 4.78 is 13.3. The Hall–Kier alpha value is -1.99. The monoisotopic (exact) mass is 402 g/mol. The molecule has 1 aromatic rings. The molecule has 158 valence electrons. The average Bonchev–Trinajstić information content (AvgIpc) is 3.49. The second kappa shape index (κ2) is 8.79. The molecule has 2 unspecified atom stereocenters. The van der Waals surface area contributed by atoms with Gasteiger partial charge in [-0.25, -0.2) is 4.39 Å². The van der Waals surface area contributed by atoms with E-state index >= 15 is 0 Å². The zero-order valence-corrected chi connectivity index (χ0v) is 17.1. The van der Waals surface area contributed by atoms with Crippen molar-refractivity contribution < 1.29 is 14.0 Å². The van der Waals surface area contributed by atoms with Gasteiger partial charge in [-0.2, -0.15) is 0 Å². The van der Waals surface area contributed by atoms with Gasteiger partial charge in [-0.3, -0.25) is 14.5 Å². The van der Waals surface area contributed by atoms with E-state index in [4.69, 9.17) is 0 Å². The molecule has 0 aromatic heterocycles. The highest BCUT2D eigenvalue weighted by atomic mass is 19.1. The summed E-state index contributed by atoms with van der Waals surface area (Å²) in [7, 11) is 0. The maximum absolute atomic E-state index is 13.3. The van der Waals surface area contributed by atoms with Crippen LogP contribution in [0.1, 0.15) is 38.2 Å². The summed E-state index contributed by atoms with van der Waals surface area (Å²) >= 11 is 0. The molecule has 0 bridgehead atoms. The van der Waals surface area contributed by atoms with Gasteiger partial charge in [0.25, 0.3) is 0 Å². The Balaban J connectivity index is 1.49. The maximum atomic E-state index is 13.3. The molecule has 0 spiro atoms. The van der Waals surface area contributed by atoms with E-state index in [2.05, 4.69) is 10.2 Å². The highest BCUT2D eigenvalue weighted by Gasteiger charge is 2.45. The molecular formula is C22H31FN4O2. The summed E-state index contributed by atoms with van der Waals surface area (Å²) in [6, 6.07) is 6.94. The average molecular weight is 403 g/mol. The molecule has 29 heavy (non-hydrogen) atoms. The van der Waals surface area contributed by atoms with E-state index in [1.807, 2.05) is 17.0 Å². The highest BCUT2D eigenvalue weighted by molar-refractivity contribution is 5.87. The number of carbonyl (C=O) groups is 2. The van der Waals surface area contributed by atoms with Crippen molar-refractivity contribution in [3.05, 3.63) is 35.6 Å². The highest BCUT2D eigenvalue weighted by Crippen LogP contribution is 2.35. The molecule has 4 rings (SSSR count). The van der Waals surface area contributed by atoms with Crippen LogP contribution in [0.25, 0.3) is 0 Å². The van der Waals surface area contributed by atoms with E-state index in [0.717, 1.165) is 51.0 Å². The molecular weight excluding hydrogens is 371 g/mol. The van der Waals surface area contributed by atoms with Crippen LogP contribution in [0.15, 0.2) is 24.3 Å². The van der Waals surface area contributed by atoms with Crippen LogP contribution in [0, 0.1) is 5.82 Å². The molecule has 1 aliphatic carbocycles. The number of amides is 2. The van der Waals surface area contributed by atoms with Crippen molar-refractivity contribution in [3.8, 4) is 0 Å². The first-order valence-corrected chi connectivity index (χ1v) is 10.8. The lowest BCUT2D eigenvalue weighted by atomic mass is 10.1. The minimum atomic E-state index is -0.370. The minimum absolute atomic E-state index is 0.0312. The predicted molar refractivity (Wildman–Crippen MR) is 109 cm³/mol. The quantitative estimate of drug-likeness (QED) is 0.813. The van der Waals surface area contributed by atoms with Gasteiger partial charge in [0.1, 0.15) is 11.9 Å². The third-order valence-electron chi connectivity index (χ3n) is 6.38. The smallest absolute Gasteiger partial charge is 0.245 e. The fraction of sp³-hybridized carbons (Fsp3) is 0.636. The normalized spacial score (nSPS) is 25.3. The van der Waals surface area contributed by atoms with Crippen LogP contribution in [0.3, 0.4) is 0 Å². The number of halogens is 1. The van der Waals surface area contributed by atoms with Gasteiger partial charge < -0.3 is 15.1 Å². The number of carbonyl (C=O) groups excluding carboxylic acids is 2. The predicted octanol–water partition coefficient (Wildman–Crippen LogP) is 1.60. The minimum Gasteiger partial charge on any atom is -0.340 e. The number of likely N-dealkylation sites (tertiary alicyclic amines) is 1. The Bertz CT molecular complexity index is 729. The first kappa shape index (κ1) is 20.3. The van der Waals surface area contributed by atoms with E-state index in [1.54, 1.807) is 11.8 Å². The number of benzene rings is 1. The van der Waals surface area contributed by atoms with Crippen molar-refractivity contribution in [3.63, 3.8) is 0 Å². The van der Waals surface area contributed by atoms with Crippen LogP contribution in [0.4, 0.5) is 4.39 Å². The number of hydrogen-bond acceptors (Lipinski definition) is 4. The first-order valence-electron chi connectivity index (χ1n) is 10.8. The summed E-state index contributed by atoms with van der Waals surface area (Å²) in [6.07, 6.45) is 3.92. The molecule has 7 heteroatoms. The lowest BCUT2D eigenvalue weighted by Crippen LogP contribution is -2.48. The van der Waals surface area contributed by atoms with E-state index in [0.29, 0.717) is 25.6 Å². The molecule has 1 aromatic carbocycles. The summed E-state index contributed by atoms with van der Waals surface area (Å²) in [6.45, 7) is 6.08. The van der Waals surface area contributed by atoms with E-state index in [-0.39, 0.29) is 29.7 Å². The van der Waals surface area contributed by atoms with Gasteiger partial charge in [0.05, 0.1) is 0 Å². The van der Waals surface area contributed by atoms with Gasteiger partial charge in [0.2, 0.25) is 11.8 Å². The van der Waals surface area contributed by atoms with Crippen molar-refractivity contribution >= 4 is 11.8 Å². The molecule has 2 amide bonds. The summed E-state index contributed by atoms with van der Waals surface area (Å²) in [5.74, 6) is -0.173. The number of nitrogens with one attached hydrogen (secondary N) is 1. The number of rotatable bonds is 5. The molecule has 2 aliphatic heterocycles. The Morgan fingerprint density at radius 1 is 1.14 bits per heavy atom. The van der Waals surface area contributed by atoms with Crippen LogP contribution < -0.4 is 5.32 Å². The summed E-state index contributed by atoms with van der Waals surface area (Å²) in [4.78, 5) is 31.7. The molecule has 2 saturated heterocycles.